The van der Waals surface area contributed by atoms with Crippen LogP contribution in [0.3, 0.4) is 0 Å². The average molecular weight is 553 g/mol. The maximum atomic E-state index is 15.9. The van der Waals surface area contributed by atoms with E-state index in [-0.39, 0.29) is 30.5 Å². The van der Waals surface area contributed by atoms with Crippen molar-refractivity contribution >= 4 is 35.0 Å². The highest BCUT2D eigenvalue weighted by Crippen LogP contribution is 2.40. The summed E-state index contributed by atoms with van der Waals surface area (Å²) in [6.07, 6.45) is 8.25. The van der Waals surface area contributed by atoms with Gasteiger partial charge in [0.05, 0.1) is 19.9 Å². The normalized spacial score (nSPS) is 23.4. The number of piperidine rings is 1. The quantitative estimate of drug-likeness (QED) is 0.270. The van der Waals surface area contributed by atoms with Crippen LogP contribution in [-0.2, 0) is 4.79 Å². The van der Waals surface area contributed by atoms with Crippen molar-refractivity contribution in [3.63, 3.8) is 0 Å². The number of carbonyl (C=O) groups excluding carboxylic acids is 2. The van der Waals surface area contributed by atoms with E-state index in [0.29, 0.717) is 28.5 Å². The van der Waals surface area contributed by atoms with Gasteiger partial charge in [0, 0.05) is 31.2 Å². The first-order valence-corrected chi connectivity index (χ1v) is 13.7. The van der Waals surface area contributed by atoms with Crippen LogP contribution in [0.4, 0.5) is 27.5 Å². The van der Waals surface area contributed by atoms with Crippen molar-refractivity contribution in [3.8, 4) is 5.75 Å². The Morgan fingerprint density at radius 3 is 2.77 bits per heavy atom. The topological polar surface area (TPSA) is 129 Å². The van der Waals surface area contributed by atoms with Crippen LogP contribution in [-0.4, -0.2) is 73.3 Å². The number of rotatable bonds is 7. The molecule has 1 aromatic carbocycles. The lowest BCUT2D eigenvalue weighted by atomic mass is 10.0. The molecule has 2 amide bonds. The van der Waals surface area contributed by atoms with E-state index in [1.54, 1.807) is 18.2 Å². The summed E-state index contributed by atoms with van der Waals surface area (Å²) >= 11 is 0. The highest BCUT2D eigenvalue weighted by molar-refractivity contribution is 6.04. The van der Waals surface area contributed by atoms with Crippen LogP contribution < -0.4 is 36.0 Å². The van der Waals surface area contributed by atoms with Crippen LogP contribution in [0.15, 0.2) is 37.1 Å². The lowest BCUT2D eigenvalue weighted by Crippen LogP contribution is -2.49. The zero-order chi connectivity index (χ0) is 28.4. The van der Waals surface area contributed by atoms with E-state index in [9.17, 15) is 9.59 Å². The number of hydrogen-bond donors (Lipinski definition) is 3. The van der Waals surface area contributed by atoms with Crippen molar-refractivity contribution < 1.29 is 18.7 Å². The zero-order valence-corrected chi connectivity index (χ0v) is 23.0. The summed E-state index contributed by atoms with van der Waals surface area (Å²) in [5, 5.41) is 7.61. The second kappa shape index (κ2) is 11.4. The van der Waals surface area contributed by atoms with Gasteiger partial charge in [-0.2, -0.15) is 4.98 Å². The van der Waals surface area contributed by atoms with E-state index in [2.05, 4.69) is 22.2 Å². The summed E-state index contributed by atoms with van der Waals surface area (Å²) in [4.78, 5) is 38.2. The highest BCUT2D eigenvalue weighted by Gasteiger charge is 2.46. The molecular formula is C28H37FN8O3. The highest BCUT2D eigenvalue weighted by atomic mass is 19.1. The number of hydrazine groups is 1. The monoisotopic (exact) mass is 552 g/mol. The lowest BCUT2D eigenvalue weighted by molar-refractivity contribution is -0.126. The SMILES string of the molecule is C=CC1(F)CN(C2CCCC2)c2nc(N(N)c3ccc(C(=O)N[C@@H]4CCCNC4)cc3OC)ncc2N(C)C1=O. The van der Waals surface area contributed by atoms with E-state index >= 15 is 4.39 Å². The number of anilines is 4. The first-order valence-electron chi connectivity index (χ1n) is 13.7. The Morgan fingerprint density at radius 2 is 2.10 bits per heavy atom. The van der Waals surface area contributed by atoms with E-state index in [1.165, 1.54) is 30.3 Å². The second-order valence-electron chi connectivity index (χ2n) is 10.6. The minimum absolute atomic E-state index is 0.0220. The van der Waals surface area contributed by atoms with Crippen molar-refractivity contribution in [3.05, 3.63) is 42.6 Å². The van der Waals surface area contributed by atoms with Gasteiger partial charge in [0.1, 0.15) is 17.1 Å². The molecule has 1 aromatic heterocycles. The molecule has 0 bridgehead atoms. The van der Waals surface area contributed by atoms with Crippen LogP contribution >= 0.6 is 0 Å². The van der Waals surface area contributed by atoms with Crippen LogP contribution in [0.5, 0.6) is 5.75 Å². The summed E-state index contributed by atoms with van der Waals surface area (Å²) in [7, 11) is 3.01. The molecule has 11 nitrogen and oxygen atoms in total. The molecular weight excluding hydrogens is 515 g/mol. The molecule has 40 heavy (non-hydrogen) atoms. The van der Waals surface area contributed by atoms with Gasteiger partial charge in [-0.1, -0.05) is 19.4 Å². The maximum Gasteiger partial charge on any atom is 0.270 e. The molecule has 4 N–H and O–H groups in total. The number of benzene rings is 1. The van der Waals surface area contributed by atoms with E-state index < -0.39 is 11.6 Å². The molecule has 1 saturated heterocycles. The first-order chi connectivity index (χ1) is 19.3. The Hall–Kier alpha value is -3.77. The van der Waals surface area contributed by atoms with E-state index in [4.69, 9.17) is 15.6 Å². The van der Waals surface area contributed by atoms with Gasteiger partial charge >= 0.3 is 0 Å². The average Bonchev–Trinajstić information content (AvgIpc) is 3.51. The van der Waals surface area contributed by atoms with Crippen molar-refractivity contribution in [1.82, 2.24) is 20.6 Å². The van der Waals surface area contributed by atoms with Gasteiger partial charge in [-0.25, -0.2) is 20.2 Å². The summed E-state index contributed by atoms with van der Waals surface area (Å²) in [5.41, 5.74) is -0.992. The number of nitrogens with two attached hydrogens (primary N) is 1. The molecule has 0 spiro atoms. The van der Waals surface area contributed by atoms with Gasteiger partial charge in [0.2, 0.25) is 11.6 Å². The van der Waals surface area contributed by atoms with Gasteiger partial charge in [-0.15, -0.1) is 0 Å². The Morgan fingerprint density at radius 1 is 1.32 bits per heavy atom. The standard InChI is InChI=1S/C28H37FN8O3/c1-4-28(29)17-36(20-9-5-6-10-20)24-22(35(2)26(28)39)16-32-27(34-24)37(30)21-12-11-18(14-23(21)40-3)25(38)33-19-8-7-13-31-15-19/h4,11-12,14,16,19-20,31H,1,5-10,13,15,17,30H2,2-3H3,(H,33,38)/t19-,28?/m1/s1. The number of halogens is 1. The third kappa shape index (κ3) is 5.20. The molecule has 2 atom stereocenters. The second-order valence-corrected chi connectivity index (χ2v) is 10.6. The van der Waals surface area contributed by atoms with Crippen LogP contribution in [0, 0.1) is 0 Å². The lowest BCUT2D eigenvalue weighted by Gasteiger charge is -2.33. The van der Waals surface area contributed by atoms with Gasteiger partial charge in [-0.3, -0.25) is 9.59 Å². The van der Waals surface area contributed by atoms with Crippen molar-refractivity contribution in [2.45, 2.75) is 56.3 Å². The summed E-state index contributed by atoms with van der Waals surface area (Å²) < 4.78 is 21.4. The summed E-state index contributed by atoms with van der Waals surface area (Å²) in [6, 6.07) is 5.07. The molecule has 3 heterocycles. The van der Waals surface area contributed by atoms with E-state index in [1.807, 2.05) is 4.90 Å². The largest absolute Gasteiger partial charge is 0.494 e. The Balaban J connectivity index is 1.46. The number of hydrogen-bond acceptors (Lipinski definition) is 9. The molecule has 0 radical (unpaired) electrons. The van der Waals surface area contributed by atoms with Gasteiger partial charge in [0.15, 0.2) is 5.82 Å². The Labute approximate surface area is 233 Å². The fraction of sp³-hybridized carbons (Fsp3) is 0.500. The molecule has 1 unspecified atom stereocenters. The zero-order valence-electron chi connectivity index (χ0n) is 23.0. The molecule has 3 aliphatic rings. The predicted octanol–water partition coefficient (Wildman–Crippen LogP) is 2.60. The molecule has 1 saturated carbocycles. The molecule has 1 aliphatic carbocycles. The number of nitrogens with one attached hydrogen (secondary N) is 2. The van der Waals surface area contributed by atoms with Gasteiger partial charge in [-0.05, 0) is 56.5 Å². The number of fused-ring (bicyclic) bond motifs is 1. The number of alkyl halides is 1. The molecule has 12 heteroatoms. The third-order valence-corrected chi connectivity index (χ3v) is 8.07. The van der Waals surface area contributed by atoms with Crippen molar-refractivity contribution in [2.75, 3.05) is 48.6 Å². The fourth-order valence-electron chi connectivity index (χ4n) is 5.74. The Kier molecular flexibility index (Phi) is 7.90. The number of carbonyl (C=O) groups is 2. The first kappa shape index (κ1) is 27.8. The number of aromatic nitrogens is 2. The third-order valence-electron chi connectivity index (χ3n) is 8.07. The number of nitrogens with zero attached hydrogens (tertiary/aromatic N) is 5. The predicted molar refractivity (Wildman–Crippen MR) is 152 cm³/mol. The van der Waals surface area contributed by atoms with Gasteiger partial charge in [0.25, 0.3) is 11.8 Å². The minimum atomic E-state index is -2.27. The molecule has 2 aliphatic heterocycles. The summed E-state index contributed by atoms with van der Waals surface area (Å²) in [6.45, 7) is 5.11. The van der Waals surface area contributed by atoms with Crippen LogP contribution in [0.1, 0.15) is 48.9 Å². The molecule has 5 rings (SSSR count). The Bertz CT molecular complexity index is 1280. The molecule has 2 fully saturated rings. The van der Waals surface area contributed by atoms with E-state index in [0.717, 1.165) is 57.7 Å². The number of ether oxygens (including phenoxy) is 1. The molecule has 214 valence electrons. The van der Waals surface area contributed by atoms with Crippen molar-refractivity contribution in [1.29, 1.82) is 0 Å². The minimum Gasteiger partial charge on any atom is -0.494 e. The van der Waals surface area contributed by atoms with Gasteiger partial charge < -0.3 is 25.2 Å². The summed E-state index contributed by atoms with van der Waals surface area (Å²) in [5.74, 6) is 6.53. The van der Waals surface area contributed by atoms with Crippen LogP contribution in [0.25, 0.3) is 0 Å². The smallest absolute Gasteiger partial charge is 0.270 e. The number of methoxy groups -OCH3 is 1. The van der Waals surface area contributed by atoms with Crippen molar-refractivity contribution in [2.24, 2.45) is 5.84 Å². The number of amides is 2. The molecule has 2 aromatic rings. The fourth-order valence-corrected chi connectivity index (χ4v) is 5.74. The maximum absolute atomic E-state index is 15.9. The van der Waals surface area contributed by atoms with Crippen LogP contribution in [0.2, 0.25) is 0 Å².